The Morgan fingerprint density at radius 1 is 0.391 bits per heavy atom. The summed E-state index contributed by atoms with van der Waals surface area (Å²) in [6, 6.07) is 57.3. The van der Waals surface area contributed by atoms with Gasteiger partial charge in [-0.25, -0.2) is 0 Å². The quantitative estimate of drug-likeness (QED) is 0.120. The van der Waals surface area contributed by atoms with E-state index in [0.29, 0.717) is 0 Å². The minimum absolute atomic E-state index is 0.235. The van der Waals surface area contributed by atoms with Crippen LogP contribution in [0.5, 0.6) is 0 Å². The fourth-order valence-corrected chi connectivity index (χ4v) is 5.36. The Labute approximate surface area is 271 Å². The maximum Gasteiger partial charge on any atom is 0.0504 e. The smallest absolute Gasteiger partial charge is 0.0504 e. The van der Waals surface area contributed by atoms with Crippen molar-refractivity contribution in [2.24, 2.45) is 11.5 Å². The second kappa shape index (κ2) is 14.9. The maximum atomic E-state index is 6.58. The van der Waals surface area contributed by atoms with Gasteiger partial charge in [-0.15, -0.1) is 0 Å². The number of hydrogen-bond donors (Lipinski definition) is 4. The average Bonchev–Trinajstić information content (AvgIpc) is 3.13. The minimum Gasteiger partial charge on any atom is -0.355 e. The van der Waals surface area contributed by atoms with Gasteiger partial charge < -0.3 is 22.1 Å². The zero-order valence-electron chi connectivity index (χ0n) is 25.6. The molecule has 6 aromatic carbocycles. The van der Waals surface area contributed by atoms with Gasteiger partial charge >= 0.3 is 0 Å². The van der Waals surface area contributed by atoms with Crippen LogP contribution in [0.1, 0.15) is 34.3 Å². The van der Waals surface area contributed by atoms with Crippen molar-refractivity contribution in [1.82, 2.24) is 0 Å². The van der Waals surface area contributed by atoms with Crippen LogP contribution in [0, 0.1) is 0 Å². The molecule has 0 saturated heterocycles. The molecule has 0 radical (unpaired) electrons. The van der Waals surface area contributed by atoms with E-state index in [9.17, 15) is 0 Å². The van der Waals surface area contributed by atoms with Gasteiger partial charge in [-0.2, -0.15) is 0 Å². The Balaban J connectivity index is 1.18. The lowest BCUT2D eigenvalue weighted by atomic mass is 10.0. The molecule has 4 heteroatoms. The van der Waals surface area contributed by atoms with Crippen molar-refractivity contribution in [3.8, 4) is 11.1 Å². The van der Waals surface area contributed by atoms with E-state index in [1.807, 2.05) is 72.8 Å². The lowest BCUT2D eigenvalue weighted by Crippen LogP contribution is -2.10. The van der Waals surface area contributed by atoms with E-state index in [4.69, 9.17) is 11.5 Å². The number of benzene rings is 6. The fourth-order valence-electron chi connectivity index (χ4n) is 5.36. The molecule has 6 aromatic rings. The van der Waals surface area contributed by atoms with Crippen LogP contribution in [0.25, 0.3) is 22.5 Å². The predicted octanol–water partition coefficient (Wildman–Crippen LogP) is 9.66. The summed E-state index contributed by atoms with van der Waals surface area (Å²) in [5.41, 5.74) is 23.6. The summed E-state index contributed by atoms with van der Waals surface area (Å²) in [6.07, 6.45) is 4.16. The largest absolute Gasteiger partial charge is 0.355 e. The molecule has 0 spiro atoms. The number of rotatable bonds is 11. The van der Waals surface area contributed by atoms with E-state index >= 15 is 0 Å². The van der Waals surface area contributed by atoms with Crippen LogP contribution in [-0.2, 0) is 0 Å². The number of nitrogens with two attached hydrogens (primary N) is 2. The molecular formula is C42H38N4. The average molecular weight is 599 g/mol. The second-order valence-electron chi connectivity index (χ2n) is 11.2. The summed E-state index contributed by atoms with van der Waals surface area (Å²) in [7, 11) is 0. The van der Waals surface area contributed by atoms with E-state index in [1.54, 1.807) is 0 Å². The van der Waals surface area contributed by atoms with Gasteiger partial charge in [0.15, 0.2) is 0 Å². The van der Waals surface area contributed by atoms with Crippen LogP contribution in [0.3, 0.4) is 0 Å². The molecule has 0 aliphatic rings. The summed E-state index contributed by atoms with van der Waals surface area (Å²) in [5.74, 6) is 0. The summed E-state index contributed by atoms with van der Waals surface area (Å²) in [4.78, 5) is 0. The topological polar surface area (TPSA) is 76.1 Å². The van der Waals surface area contributed by atoms with Crippen molar-refractivity contribution in [3.05, 3.63) is 204 Å². The predicted molar refractivity (Wildman–Crippen MR) is 195 cm³/mol. The van der Waals surface area contributed by atoms with E-state index in [1.165, 1.54) is 0 Å². The van der Waals surface area contributed by atoms with Gasteiger partial charge in [-0.05, 0) is 69.8 Å². The molecule has 0 aliphatic heterocycles. The SMILES string of the molecule is NC(/C=C(\Nc1ccc(-c2ccc(N/C(=C\C(N)c3ccccc3)c3ccccc3)cc2)cc1)c1ccccc1)c1ccccc1. The van der Waals surface area contributed by atoms with Crippen LogP contribution in [0.15, 0.2) is 182 Å². The molecule has 0 amide bonds. The molecule has 0 aromatic heterocycles. The van der Waals surface area contributed by atoms with Crippen molar-refractivity contribution in [2.75, 3.05) is 10.6 Å². The molecule has 2 atom stereocenters. The Morgan fingerprint density at radius 3 is 1.02 bits per heavy atom. The third-order valence-corrected chi connectivity index (χ3v) is 7.89. The number of nitrogens with one attached hydrogen (secondary N) is 2. The summed E-state index contributed by atoms with van der Waals surface area (Å²) < 4.78 is 0. The van der Waals surface area contributed by atoms with Crippen LogP contribution in [0.2, 0.25) is 0 Å². The van der Waals surface area contributed by atoms with Gasteiger partial charge in [0.1, 0.15) is 0 Å². The first kappa shape index (κ1) is 30.4. The first-order chi connectivity index (χ1) is 22.6. The lowest BCUT2D eigenvalue weighted by Gasteiger charge is -2.16. The number of anilines is 2. The summed E-state index contributed by atoms with van der Waals surface area (Å²) in [5, 5.41) is 7.21. The van der Waals surface area contributed by atoms with Crippen molar-refractivity contribution < 1.29 is 0 Å². The molecule has 4 nitrogen and oxygen atoms in total. The molecule has 0 bridgehead atoms. The van der Waals surface area contributed by atoms with E-state index in [2.05, 4.69) is 120 Å². The normalized spacial score (nSPS) is 13.1. The van der Waals surface area contributed by atoms with Gasteiger partial charge in [0.05, 0.1) is 12.1 Å². The highest BCUT2D eigenvalue weighted by atomic mass is 14.9. The Morgan fingerprint density at radius 2 is 0.696 bits per heavy atom. The molecule has 6 N–H and O–H groups in total. The molecule has 0 heterocycles. The van der Waals surface area contributed by atoms with Crippen molar-refractivity contribution >= 4 is 22.8 Å². The fraction of sp³-hybridized carbons (Fsp3) is 0.0476. The highest BCUT2D eigenvalue weighted by Crippen LogP contribution is 2.28. The Bertz CT molecular complexity index is 1720. The van der Waals surface area contributed by atoms with E-state index < -0.39 is 0 Å². The zero-order chi connectivity index (χ0) is 31.6. The molecule has 46 heavy (non-hydrogen) atoms. The second-order valence-corrected chi connectivity index (χ2v) is 11.2. The molecule has 0 fully saturated rings. The molecule has 2 unspecified atom stereocenters. The third-order valence-electron chi connectivity index (χ3n) is 7.89. The van der Waals surface area contributed by atoms with Gasteiger partial charge in [0.25, 0.3) is 0 Å². The van der Waals surface area contributed by atoms with E-state index in [0.717, 1.165) is 56.1 Å². The monoisotopic (exact) mass is 598 g/mol. The molecule has 0 saturated carbocycles. The number of hydrogen-bond acceptors (Lipinski definition) is 4. The van der Waals surface area contributed by atoms with Gasteiger partial charge in [-0.3, -0.25) is 0 Å². The van der Waals surface area contributed by atoms with Gasteiger partial charge in [0.2, 0.25) is 0 Å². The zero-order valence-corrected chi connectivity index (χ0v) is 25.6. The van der Waals surface area contributed by atoms with E-state index in [-0.39, 0.29) is 12.1 Å². The van der Waals surface area contributed by atoms with Crippen LogP contribution >= 0.6 is 0 Å². The highest BCUT2D eigenvalue weighted by Gasteiger charge is 2.10. The van der Waals surface area contributed by atoms with Crippen LogP contribution in [0.4, 0.5) is 11.4 Å². The minimum atomic E-state index is -0.235. The Kier molecular flexibility index (Phi) is 9.81. The third kappa shape index (κ3) is 7.88. The lowest BCUT2D eigenvalue weighted by molar-refractivity contribution is 0.912. The summed E-state index contributed by atoms with van der Waals surface area (Å²) in [6.45, 7) is 0. The molecule has 6 rings (SSSR count). The maximum absolute atomic E-state index is 6.58. The van der Waals surface area contributed by atoms with Gasteiger partial charge in [-0.1, -0.05) is 146 Å². The standard InChI is InChI=1S/C42H38N4/c43-39(33-13-5-1-6-14-33)29-41(35-17-9-3-10-18-35)45-37-25-21-31(22-26-37)32-23-27-38(28-24-32)46-42(36-19-11-4-12-20-36)30-40(44)34-15-7-2-8-16-34/h1-30,39-40,45-46H,43-44H2/b41-29-,42-30-. The van der Waals surface area contributed by atoms with Crippen LogP contribution < -0.4 is 22.1 Å². The van der Waals surface area contributed by atoms with Gasteiger partial charge in [0, 0.05) is 22.8 Å². The molecule has 226 valence electrons. The first-order valence-electron chi connectivity index (χ1n) is 15.5. The van der Waals surface area contributed by atoms with Crippen molar-refractivity contribution in [2.45, 2.75) is 12.1 Å². The Hall–Kier alpha value is -5.68. The molecule has 0 aliphatic carbocycles. The van der Waals surface area contributed by atoms with Crippen molar-refractivity contribution in [3.63, 3.8) is 0 Å². The van der Waals surface area contributed by atoms with Crippen molar-refractivity contribution in [1.29, 1.82) is 0 Å². The summed E-state index contributed by atoms with van der Waals surface area (Å²) >= 11 is 0. The van der Waals surface area contributed by atoms with Crippen LogP contribution in [-0.4, -0.2) is 0 Å². The highest BCUT2D eigenvalue weighted by molar-refractivity contribution is 5.80. The molecular weight excluding hydrogens is 560 g/mol. The first-order valence-corrected chi connectivity index (χ1v) is 15.5.